The molecule has 0 aliphatic carbocycles. The Morgan fingerprint density at radius 1 is 1.21 bits per heavy atom. The van der Waals surface area contributed by atoms with E-state index in [1.807, 2.05) is 13.8 Å². The molecule has 1 aromatic heterocycles. The van der Waals surface area contributed by atoms with E-state index in [0.717, 1.165) is 30.2 Å². The number of ether oxygens (including phenoxy) is 2. The molecule has 0 aliphatic heterocycles. The zero-order valence-electron chi connectivity index (χ0n) is 16.7. The minimum Gasteiger partial charge on any atom is -0.497 e. The molecule has 0 aliphatic rings. The zero-order chi connectivity index (χ0) is 19.6. The molecule has 0 fully saturated rings. The first-order valence-corrected chi connectivity index (χ1v) is 9.77. The minimum absolute atomic E-state index is 0. The van der Waals surface area contributed by atoms with Gasteiger partial charge in [-0.2, -0.15) is 0 Å². The molecule has 156 valence electrons. The van der Waals surface area contributed by atoms with Crippen molar-refractivity contribution < 1.29 is 14.6 Å². The summed E-state index contributed by atoms with van der Waals surface area (Å²) in [7, 11) is 3.17. The maximum Gasteiger partial charge on any atom is 0.191 e. The van der Waals surface area contributed by atoms with Crippen molar-refractivity contribution in [3.8, 4) is 11.5 Å². The van der Waals surface area contributed by atoms with Crippen LogP contribution in [-0.4, -0.2) is 49.9 Å². The van der Waals surface area contributed by atoms with Crippen LogP contribution < -0.4 is 20.1 Å². The second kappa shape index (κ2) is 12.8. The number of halogens is 1. The van der Waals surface area contributed by atoms with E-state index in [1.54, 1.807) is 43.8 Å². The molecular weight excluding hydrogens is 491 g/mol. The third-order valence-corrected chi connectivity index (χ3v) is 4.69. The van der Waals surface area contributed by atoms with Crippen molar-refractivity contribution in [1.82, 2.24) is 15.6 Å². The lowest BCUT2D eigenvalue weighted by Gasteiger charge is -2.14. The van der Waals surface area contributed by atoms with Gasteiger partial charge < -0.3 is 25.2 Å². The summed E-state index contributed by atoms with van der Waals surface area (Å²) in [4.78, 5) is 8.94. The summed E-state index contributed by atoms with van der Waals surface area (Å²) in [5.74, 6) is 1.94. The lowest BCUT2D eigenvalue weighted by Crippen LogP contribution is -2.38. The summed E-state index contributed by atoms with van der Waals surface area (Å²) in [6.07, 6.45) is 0.0651. The highest BCUT2D eigenvalue weighted by Crippen LogP contribution is 2.26. The van der Waals surface area contributed by atoms with Gasteiger partial charge in [0.05, 0.1) is 37.6 Å². The van der Waals surface area contributed by atoms with E-state index in [9.17, 15) is 5.11 Å². The molecule has 2 rings (SSSR count). The van der Waals surface area contributed by atoms with Crippen LogP contribution in [0.25, 0.3) is 0 Å². The van der Waals surface area contributed by atoms with Gasteiger partial charge in [0.1, 0.15) is 11.5 Å². The fourth-order valence-electron chi connectivity index (χ4n) is 2.48. The quantitative estimate of drug-likeness (QED) is 0.268. The highest BCUT2D eigenvalue weighted by Gasteiger charge is 2.11. The lowest BCUT2D eigenvalue weighted by atomic mass is 10.1. The Balaban J connectivity index is 0.00000392. The van der Waals surface area contributed by atoms with Crippen molar-refractivity contribution in [2.45, 2.75) is 26.4 Å². The lowest BCUT2D eigenvalue weighted by molar-refractivity contribution is 0.186. The number of nitrogens with zero attached hydrogens (tertiary/aromatic N) is 2. The van der Waals surface area contributed by atoms with Crippen LogP contribution in [-0.2, 0) is 6.42 Å². The third kappa shape index (κ3) is 7.80. The van der Waals surface area contributed by atoms with E-state index in [1.165, 1.54) is 0 Å². The summed E-state index contributed by atoms with van der Waals surface area (Å²) in [6.45, 7) is 5.69. The van der Waals surface area contributed by atoms with E-state index in [-0.39, 0.29) is 30.5 Å². The van der Waals surface area contributed by atoms with Crippen LogP contribution in [0.15, 0.2) is 28.6 Å². The Morgan fingerprint density at radius 3 is 2.43 bits per heavy atom. The van der Waals surface area contributed by atoms with Crippen LogP contribution in [0.1, 0.15) is 29.3 Å². The molecule has 1 unspecified atom stereocenters. The van der Waals surface area contributed by atoms with E-state index in [0.29, 0.717) is 23.0 Å². The van der Waals surface area contributed by atoms with Gasteiger partial charge in [0, 0.05) is 31.0 Å². The Hall–Kier alpha value is -1.59. The number of thiazole rings is 1. The van der Waals surface area contributed by atoms with Gasteiger partial charge in [0.2, 0.25) is 0 Å². The average molecular weight is 520 g/mol. The van der Waals surface area contributed by atoms with Crippen LogP contribution in [0.2, 0.25) is 0 Å². The number of guanidine groups is 1. The number of methoxy groups -OCH3 is 2. The first-order valence-electron chi connectivity index (χ1n) is 8.90. The topological polar surface area (TPSA) is 88.0 Å². The predicted octanol–water partition coefficient (Wildman–Crippen LogP) is 2.92. The summed E-state index contributed by atoms with van der Waals surface area (Å²) < 4.78 is 10.5. The number of aromatic nitrogens is 1. The fourth-order valence-corrected chi connectivity index (χ4v) is 3.13. The molecular formula is C19H29IN4O3S. The summed E-state index contributed by atoms with van der Waals surface area (Å²) in [6, 6.07) is 5.34. The summed E-state index contributed by atoms with van der Waals surface area (Å²) in [5, 5.41) is 20.1. The highest BCUT2D eigenvalue weighted by molar-refractivity contribution is 14.0. The van der Waals surface area contributed by atoms with Gasteiger partial charge in [-0.3, -0.25) is 4.99 Å². The number of nitrogens with one attached hydrogen (secondary N) is 2. The van der Waals surface area contributed by atoms with Crippen LogP contribution in [0.4, 0.5) is 0 Å². The Kier molecular flexibility index (Phi) is 11.2. The predicted molar refractivity (Wildman–Crippen MR) is 124 cm³/mol. The molecule has 28 heavy (non-hydrogen) atoms. The molecule has 3 N–H and O–H groups in total. The Bertz CT molecular complexity index is 732. The largest absolute Gasteiger partial charge is 0.497 e. The standard InChI is InChI=1S/C19H28N4O3S.HI/c1-5-20-19(21-7-6-15-12-27-13(2)23-15)22-11-18(24)14-8-16(25-3)10-17(9-14)26-4;/h8-10,12,18,24H,5-7,11H2,1-4H3,(H2,20,21,22);1H. The normalized spacial score (nSPS) is 12.1. The number of rotatable bonds is 9. The number of benzene rings is 1. The second-order valence-electron chi connectivity index (χ2n) is 5.92. The van der Waals surface area contributed by atoms with Crippen LogP contribution in [0.5, 0.6) is 11.5 Å². The van der Waals surface area contributed by atoms with Crippen molar-refractivity contribution in [2.24, 2.45) is 4.99 Å². The average Bonchev–Trinajstić information content (AvgIpc) is 3.10. The Labute approximate surface area is 187 Å². The maximum atomic E-state index is 10.5. The van der Waals surface area contributed by atoms with Crippen molar-refractivity contribution in [3.63, 3.8) is 0 Å². The smallest absolute Gasteiger partial charge is 0.191 e. The SMILES string of the molecule is CCNC(=NCC(O)c1cc(OC)cc(OC)c1)NCCc1csc(C)n1.I. The van der Waals surface area contributed by atoms with Crippen molar-refractivity contribution >= 4 is 41.3 Å². The maximum absolute atomic E-state index is 10.5. The van der Waals surface area contributed by atoms with E-state index in [2.05, 4.69) is 26.0 Å². The summed E-state index contributed by atoms with van der Waals surface area (Å²) in [5.41, 5.74) is 1.77. The van der Waals surface area contributed by atoms with E-state index in [4.69, 9.17) is 9.47 Å². The van der Waals surface area contributed by atoms with E-state index < -0.39 is 6.10 Å². The number of aliphatic imine (C=N–C) groups is 1. The number of aryl methyl sites for hydroxylation is 1. The zero-order valence-corrected chi connectivity index (χ0v) is 19.8. The first-order chi connectivity index (χ1) is 13.0. The van der Waals surface area contributed by atoms with Gasteiger partial charge in [-0.15, -0.1) is 35.3 Å². The molecule has 1 atom stereocenters. The van der Waals surface area contributed by atoms with Gasteiger partial charge in [-0.05, 0) is 31.5 Å². The van der Waals surface area contributed by atoms with Crippen molar-refractivity contribution in [2.75, 3.05) is 33.9 Å². The molecule has 1 aromatic carbocycles. The monoisotopic (exact) mass is 520 g/mol. The number of aliphatic hydroxyl groups is 1. The van der Waals surface area contributed by atoms with Gasteiger partial charge in [-0.25, -0.2) is 4.98 Å². The molecule has 7 nitrogen and oxygen atoms in total. The van der Waals surface area contributed by atoms with Gasteiger partial charge in [-0.1, -0.05) is 0 Å². The number of aliphatic hydroxyl groups excluding tert-OH is 1. The Morgan fingerprint density at radius 2 is 1.89 bits per heavy atom. The second-order valence-corrected chi connectivity index (χ2v) is 6.98. The molecule has 0 bridgehead atoms. The van der Waals surface area contributed by atoms with Crippen molar-refractivity contribution in [3.05, 3.63) is 39.8 Å². The van der Waals surface area contributed by atoms with Gasteiger partial charge in [0.25, 0.3) is 0 Å². The van der Waals surface area contributed by atoms with Gasteiger partial charge in [0.15, 0.2) is 5.96 Å². The molecule has 9 heteroatoms. The molecule has 0 saturated carbocycles. The molecule has 0 radical (unpaired) electrons. The number of hydrogen-bond acceptors (Lipinski definition) is 6. The molecule has 2 aromatic rings. The van der Waals surface area contributed by atoms with Crippen molar-refractivity contribution in [1.29, 1.82) is 0 Å². The third-order valence-electron chi connectivity index (χ3n) is 3.87. The fraction of sp³-hybridized carbons (Fsp3) is 0.474. The number of hydrogen-bond donors (Lipinski definition) is 3. The molecule has 0 amide bonds. The van der Waals surface area contributed by atoms with Crippen LogP contribution in [0, 0.1) is 6.92 Å². The molecule has 0 spiro atoms. The van der Waals surface area contributed by atoms with E-state index >= 15 is 0 Å². The van der Waals surface area contributed by atoms with Crippen LogP contribution in [0.3, 0.4) is 0 Å². The van der Waals surface area contributed by atoms with Crippen LogP contribution >= 0.6 is 35.3 Å². The summed E-state index contributed by atoms with van der Waals surface area (Å²) >= 11 is 1.65. The minimum atomic E-state index is -0.759. The highest BCUT2D eigenvalue weighted by atomic mass is 127. The first kappa shape index (κ1) is 24.4. The van der Waals surface area contributed by atoms with Gasteiger partial charge >= 0.3 is 0 Å². The molecule has 0 saturated heterocycles. The molecule has 1 heterocycles.